The fourth-order valence-electron chi connectivity index (χ4n) is 4.01. The van der Waals surface area contributed by atoms with E-state index >= 15 is 0 Å². The maximum atomic E-state index is 12.4. The molecular formula is C26H33N3O5. The molecule has 0 aromatic heterocycles. The summed E-state index contributed by atoms with van der Waals surface area (Å²) in [6.07, 6.45) is 2.46. The number of benzene rings is 2. The van der Waals surface area contributed by atoms with Gasteiger partial charge in [-0.2, -0.15) is 0 Å². The van der Waals surface area contributed by atoms with Gasteiger partial charge in [0.25, 0.3) is 0 Å². The van der Waals surface area contributed by atoms with Gasteiger partial charge >= 0.3 is 0 Å². The summed E-state index contributed by atoms with van der Waals surface area (Å²) >= 11 is 0. The molecule has 0 saturated heterocycles. The maximum Gasteiger partial charge on any atom is 0.198 e. The number of ketones is 1. The third-order valence-corrected chi connectivity index (χ3v) is 5.44. The van der Waals surface area contributed by atoms with E-state index in [1.54, 1.807) is 13.2 Å². The van der Waals surface area contributed by atoms with E-state index in [1.165, 1.54) is 7.11 Å². The Balaban J connectivity index is 1.99. The zero-order valence-corrected chi connectivity index (χ0v) is 20.5. The van der Waals surface area contributed by atoms with Crippen LogP contribution < -0.4 is 15.2 Å². The van der Waals surface area contributed by atoms with Gasteiger partial charge in [-0.25, -0.2) is 0 Å². The van der Waals surface area contributed by atoms with Crippen molar-refractivity contribution in [2.75, 3.05) is 20.8 Å². The van der Waals surface area contributed by atoms with E-state index in [1.807, 2.05) is 38.1 Å². The first-order valence-corrected chi connectivity index (χ1v) is 11.3. The SMILES string of the molecule is CCCC(=NOC)c1cc2c(c(OCc3ccccc3C(=NOC)C(=O)CN)c1)OC(C)(C)C2. The number of rotatable bonds is 11. The highest BCUT2D eigenvalue weighted by molar-refractivity contribution is 6.47. The minimum atomic E-state index is -0.341. The van der Waals surface area contributed by atoms with Gasteiger partial charge in [0.05, 0.1) is 12.3 Å². The molecule has 182 valence electrons. The van der Waals surface area contributed by atoms with Crippen molar-refractivity contribution >= 4 is 17.2 Å². The van der Waals surface area contributed by atoms with E-state index in [9.17, 15) is 4.79 Å². The number of hydrogen-bond donors (Lipinski definition) is 1. The predicted octanol–water partition coefficient (Wildman–Crippen LogP) is 4.01. The van der Waals surface area contributed by atoms with Gasteiger partial charge in [0.1, 0.15) is 26.4 Å². The van der Waals surface area contributed by atoms with Crippen LogP contribution in [0.3, 0.4) is 0 Å². The molecule has 0 radical (unpaired) electrons. The van der Waals surface area contributed by atoms with Crippen LogP contribution in [0, 0.1) is 0 Å². The lowest BCUT2D eigenvalue weighted by molar-refractivity contribution is -0.111. The van der Waals surface area contributed by atoms with E-state index < -0.39 is 0 Å². The normalized spacial score (nSPS) is 14.9. The number of oxime groups is 2. The Morgan fingerprint density at radius 1 is 1.15 bits per heavy atom. The second kappa shape index (κ2) is 11.2. The average molecular weight is 468 g/mol. The smallest absolute Gasteiger partial charge is 0.198 e. The Bertz CT molecular complexity index is 1090. The highest BCUT2D eigenvalue weighted by Gasteiger charge is 2.33. The minimum absolute atomic E-state index is 0.165. The Morgan fingerprint density at radius 2 is 1.88 bits per heavy atom. The van der Waals surface area contributed by atoms with Crippen molar-refractivity contribution in [1.82, 2.24) is 0 Å². The monoisotopic (exact) mass is 467 g/mol. The van der Waals surface area contributed by atoms with E-state index in [2.05, 4.69) is 23.3 Å². The van der Waals surface area contributed by atoms with Gasteiger partial charge < -0.3 is 24.9 Å². The third-order valence-electron chi connectivity index (χ3n) is 5.44. The van der Waals surface area contributed by atoms with Crippen LogP contribution >= 0.6 is 0 Å². The third kappa shape index (κ3) is 5.75. The van der Waals surface area contributed by atoms with Gasteiger partial charge in [0.2, 0.25) is 0 Å². The zero-order chi connectivity index (χ0) is 24.7. The van der Waals surface area contributed by atoms with Crippen molar-refractivity contribution in [2.45, 2.75) is 52.2 Å². The van der Waals surface area contributed by atoms with Crippen LogP contribution in [0.4, 0.5) is 0 Å². The Kier molecular flexibility index (Phi) is 8.28. The molecule has 2 N–H and O–H groups in total. The molecular weight excluding hydrogens is 434 g/mol. The molecule has 0 unspecified atom stereocenters. The van der Waals surface area contributed by atoms with Crippen molar-refractivity contribution < 1.29 is 23.9 Å². The fraction of sp³-hybridized carbons (Fsp3) is 0.423. The van der Waals surface area contributed by atoms with Crippen LogP contribution in [0.25, 0.3) is 0 Å². The average Bonchev–Trinajstić information content (AvgIpc) is 3.14. The lowest BCUT2D eigenvalue weighted by Gasteiger charge is -2.19. The van der Waals surface area contributed by atoms with Crippen molar-refractivity contribution in [3.05, 3.63) is 58.7 Å². The van der Waals surface area contributed by atoms with Crippen LogP contribution in [-0.2, 0) is 27.5 Å². The summed E-state index contributed by atoms with van der Waals surface area (Å²) in [6, 6.07) is 11.4. The molecule has 1 heterocycles. The molecule has 0 saturated carbocycles. The summed E-state index contributed by atoms with van der Waals surface area (Å²) in [5.74, 6) is 1.02. The molecule has 3 rings (SSSR count). The summed E-state index contributed by atoms with van der Waals surface area (Å²) in [6.45, 7) is 6.22. The molecule has 0 atom stereocenters. The highest BCUT2D eigenvalue weighted by Crippen LogP contribution is 2.43. The summed E-state index contributed by atoms with van der Waals surface area (Å²) in [7, 11) is 2.94. The molecule has 0 fully saturated rings. The number of fused-ring (bicyclic) bond motifs is 1. The minimum Gasteiger partial charge on any atom is -0.485 e. The van der Waals surface area contributed by atoms with Crippen LogP contribution in [0.2, 0.25) is 0 Å². The number of carbonyl (C=O) groups is 1. The van der Waals surface area contributed by atoms with E-state index in [0.717, 1.165) is 47.4 Å². The molecule has 0 amide bonds. The van der Waals surface area contributed by atoms with Crippen LogP contribution in [0.1, 0.15) is 55.9 Å². The summed E-state index contributed by atoms with van der Waals surface area (Å²) in [4.78, 5) is 22.4. The number of hydrogen-bond acceptors (Lipinski definition) is 8. The molecule has 2 aromatic rings. The number of nitrogens with two attached hydrogens (primary N) is 1. The highest BCUT2D eigenvalue weighted by atomic mass is 16.6. The van der Waals surface area contributed by atoms with Crippen molar-refractivity contribution in [3.8, 4) is 11.5 Å². The van der Waals surface area contributed by atoms with E-state index in [-0.39, 0.29) is 30.2 Å². The molecule has 8 nitrogen and oxygen atoms in total. The van der Waals surface area contributed by atoms with Crippen LogP contribution in [0.15, 0.2) is 46.7 Å². The van der Waals surface area contributed by atoms with E-state index in [0.29, 0.717) is 11.3 Å². The van der Waals surface area contributed by atoms with Gasteiger partial charge in [-0.05, 0) is 38.0 Å². The lowest BCUT2D eigenvalue weighted by Crippen LogP contribution is -2.25. The first kappa shape index (κ1) is 25.2. The Labute approximate surface area is 200 Å². The van der Waals surface area contributed by atoms with Gasteiger partial charge in [-0.1, -0.05) is 47.9 Å². The molecule has 34 heavy (non-hydrogen) atoms. The summed E-state index contributed by atoms with van der Waals surface area (Å²) in [5, 5.41) is 8.15. The maximum absolute atomic E-state index is 12.4. The number of ether oxygens (including phenoxy) is 2. The molecule has 0 bridgehead atoms. The molecule has 2 aromatic carbocycles. The van der Waals surface area contributed by atoms with Crippen molar-refractivity contribution in [3.63, 3.8) is 0 Å². The second-order valence-electron chi connectivity index (χ2n) is 8.67. The lowest BCUT2D eigenvalue weighted by atomic mass is 9.97. The first-order chi connectivity index (χ1) is 16.3. The second-order valence-corrected chi connectivity index (χ2v) is 8.67. The zero-order valence-electron chi connectivity index (χ0n) is 20.5. The van der Waals surface area contributed by atoms with Gasteiger partial charge in [-0.3, -0.25) is 4.79 Å². The van der Waals surface area contributed by atoms with Crippen LogP contribution in [0.5, 0.6) is 11.5 Å². The van der Waals surface area contributed by atoms with Gasteiger partial charge in [-0.15, -0.1) is 0 Å². The first-order valence-electron chi connectivity index (χ1n) is 11.3. The molecule has 1 aliphatic heterocycles. The van der Waals surface area contributed by atoms with Crippen molar-refractivity contribution in [2.24, 2.45) is 16.0 Å². The number of Topliss-reactive ketones (excluding diaryl/α,β-unsaturated/α-hetero) is 1. The van der Waals surface area contributed by atoms with Gasteiger partial charge in [0.15, 0.2) is 23.0 Å². The van der Waals surface area contributed by atoms with Gasteiger partial charge in [0, 0.05) is 23.1 Å². The molecule has 0 aliphatic carbocycles. The molecule has 0 spiro atoms. The summed E-state index contributed by atoms with van der Waals surface area (Å²) in [5.41, 5.74) is 9.64. The fourth-order valence-corrected chi connectivity index (χ4v) is 4.01. The predicted molar refractivity (Wildman–Crippen MR) is 132 cm³/mol. The Morgan fingerprint density at radius 3 is 2.56 bits per heavy atom. The Hall–Kier alpha value is -3.39. The van der Waals surface area contributed by atoms with Crippen LogP contribution in [-0.4, -0.2) is 43.6 Å². The standard InChI is InChI=1S/C26H33N3O5/c1-6-9-21(28-31-4)18-12-19-14-26(2,3)34-25(19)23(13-18)33-16-17-10-7-8-11-20(17)24(29-32-5)22(30)15-27/h7-8,10-13H,6,9,14-16,27H2,1-5H3. The topological polar surface area (TPSA) is 105 Å². The quantitative estimate of drug-likeness (QED) is 0.396. The summed E-state index contributed by atoms with van der Waals surface area (Å²) < 4.78 is 12.5. The largest absolute Gasteiger partial charge is 0.485 e. The molecule has 1 aliphatic rings. The number of nitrogens with zero attached hydrogens (tertiary/aromatic N) is 2. The molecule has 8 heteroatoms. The van der Waals surface area contributed by atoms with E-state index in [4.69, 9.17) is 24.9 Å². The van der Waals surface area contributed by atoms with Crippen molar-refractivity contribution in [1.29, 1.82) is 0 Å². The number of carbonyl (C=O) groups excluding carboxylic acids is 1.